The summed E-state index contributed by atoms with van der Waals surface area (Å²) >= 11 is 0. The number of amides is 1. The SMILES string of the molecule is Cc1cc(OC(C)C(=O)O)c2c3c(c(Cc4ccccc4)n2n1)CCC=C3C(N)=O. The highest BCUT2D eigenvalue weighted by molar-refractivity contribution is 6.22. The summed E-state index contributed by atoms with van der Waals surface area (Å²) in [6, 6.07) is 11.7. The van der Waals surface area contributed by atoms with Crippen molar-refractivity contribution in [2.24, 2.45) is 5.73 Å². The number of allylic oxidation sites excluding steroid dienone is 1. The summed E-state index contributed by atoms with van der Waals surface area (Å²) in [6.07, 6.45) is 2.84. The molecule has 0 aliphatic heterocycles. The van der Waals surface area contributed by atoms with E-state index in [0.717, 1.165) is 23.2 Å². The van der Waals surface area contributed by atoms with Gasteiger partial charge in [-0.2, -0.15) is 5.10 Å². The van der Waals surface area contributed by atoms with E-state index < -0.39 is 18.0 Å². The molecule has 7 nitrogen and oxygen atoms in total. The monoisotopic (exact) mass is 405 g/mol. The lowest BCUT2D eigenvalue weighted by Crippen LogP contribution is -2.23. The van der Waals surface area contributed by atoms with Gasteiger partial charge in [0.05, 0.1) is 11.4 Å². The predicted octanol–water partition coefficient (Wildman–Crippen LogP) is 2.90. The van der Waals surface area contributed by atoms with E-state index in [1.54, 1.807) is 10.6 Å². The molecule has 0 saturated heterocycles. The van der Waals surface area contributed by atoms with Crippen LogP contribution in [0.15, 0.2) is 42.5 Å². The summed E-state index contributed by atoms with van der Waals surface area (Å²) in [4.78, 5) is 23.6. The Kier molecular flexibility index (Phi) is 5.03. The van der Waals surface area contributed by atoms with Crippen LogP contribution in [-0.4, -0.2) is 32.7 Å². The molecule has 0 bridgehead atoms. The molecule has 154 valence electrons. The van der Waals surface area contributed by atoms with Crippen molar-refractivity contribution in [3.05, 3.63) is 70.6 Å². The Morgan fingerprint density at radius 2 is 2.03 bits per heavy atom. The summed E-state index contributed by atoms with van der Waals surface area (Å²) in [6.45, 7) is 3.30. The summed E-state index contributed by atoms with van der Waals surface area (Å²) < 4.78 is 7.58. The molecule has 0 radical (unpaired) electrons. The van der Waals surface area contributed by atoms with Crippen molar-refractivity contribution < 1.29 is 19.4 Å². The van der Waals surface area contributed by atoms with Crippen molar-refractivity contribution in [1.82, 2.24) is 9.61 Å². The first-order valence-corrected chi connectivity index (χ1v) is 9.84. The summed E-state index contributed by atoms with van der Waals surface area (Å²) in [7, 11) is 0. The molecule has 4 rings (SSSR count). The fourth-order valence-electron chi connectivity index (χ4n) is 3.99. The molecule has 0 fully saturated rings. The maximum Gasteiger partial charge on any atom is 0.344 e. The van der Waals surface area contributed by atoms with E-state index in [9.17, 15) is 14.7 Å². The standard InChI is InChI=1S/C23H23N3O4/c1-13-11-19(30-14(2)23(28)29)21-20-16(9-6-10-17(20)22(24)27)18(26(21)25-13)12-15-7-4-3-5-8-15/h3-5,7-8,10-11,14H,6,9,12H2,1-2H3,(H2,24,27)(H,28,29). The normalized spacial score (nSPS) is 14.1. The number of hydrogen-bond acceptors (Lipinski definition) is 4. The van der Waals surface area contributed by atoms with Gasteiger partial charge in [0.15, 0.2) is 6.10 Å². The smallest absolute Gasteiger partial charge is 0.344 e. The van der Waals surface area contributed by atoms with Crippen LogP contribution in [0.5, 0.6) is 5.75 Å². The van der Waals surface area contributed by atoms with Crippen molar-refractivity contribution in [3.8, 4) is 5.75 Å². The molecule has 7 heteroatoms. The number of aromatic nitrogens is 2. The Balaban J connectivity index is 2.00. The highest BCUT2D eigenvalue weighted by Gasteiger charge is 2.29. The van der Waals surface area contributed by atoms with E-state index in [2.05, 4.69) is 0 Å². The second kappa shape index (κ2) is 7.67. The Bertz CT molecular complexity index is 1180. The second-order valence-corrected chi connectivity index (χ2v) is 7.49. The number of carbonyl (C=O) groups excluding carboxylic acids is 1. The quantitative estimate of drug-likeness (QED) is 0.656. The Morgan fingerprint density at radius 3 is 2.70 bits per heavy atom. The van der Waals surface area contributed by atoms with Crippen molar-refractivity contribution in [1.29, 1.82) is 0 Å². The zero-order valence-corrected chi connectivity index (χ0v) is 16.9. The minimum atomic E-state index is -1.07. The van der Waals surface area contributed by atoms with Crippen LogP contribution in [0.4, 0.5) is 0 Å². The number of nitrogens with two attached hydrogens (primary N) is 1. The molecule has 2 heterocycles. The average molecular weight is 405 g/mol. The van der Waals surface area contributed by atoms with Crippen molar-refractivity contribution in [2.75, 3.05) is 0 Å². The Morgan fingerprint density at radius 1 is 1.30 bits per heavy atom. The maximum atomic E-state index is 12.2. The fraction of sp³-hybridized carbons (Fsp3) is 0.261. The van der Waals surface area contributed by atoms with Gasteiger partial charge in [-0.15, -0.1) is 0 Å². The molecule has 1 amide bonds. The van der Waals surface area contributed by atoms with Gasteiger partial charge in [-0.3, -0.25) is 4.79 Å². The van der Waals surface area contributed by atoms with E-state index in [4.69, 9.17) is 15.6 Å². The van der Waals surface area contributed by atoms with Gasteiger partial charge in [0.1, 0.15) is 11.3 Å². The fourth-order valence-corrected chi connectivity index (χ4v) is 3.99. The molecule has 1 aliphatic carbocycles. The van der Waals surface area contributed by atoms with Crippen LogP contribution in [0.2, 0.25) is 0 Å². The number of ether oxygens (including phenoxy) is 1. The Labute approximate surface area is 173 Å². The number of hydrogen-bond donors (Lipinski definition) is 2. The minimum absolute atomic E-state index is 0.377. The van der Waals surface area contributed by atoms with Crippen LogP contribution in [0.3, 0.4) is 0 Å². The van der Waals surface area contributed by atoms with E-state index in [1.807, 2.05) is 43.3 Å². The largest absolute Gasteiger partial charge is 0.479 e. The van der Waals surface area contributed by atoms with E-state index in [-0.39, 0.29) is 0 Å². The average Bonchev–Trinajstić information content (AvgIpc) is 3.02. The minimum Gasteiger partial charge on any atom is -0.479 e. The van der Waals surface area contributed by atoms with Crippen molar-refractivity contribution >= 4 is 23.0 Å². The number of carbonyl (C=O) groups is 2. The number of carboxylic acid groups (broad SMARTS) is 1. The molecule has 1 aromatic carbocycles. The first-order chi connectivity index (χ1) is 14.4. The Hall–Kier alpha value is -3.61. The van der Waals surface area contributed by atoms with Gasteiger partial charge in [0.2, 0.25) is 5.91 Å². The number of nitrogens with zero attached hydrogens (tertiary/aromatic N) is 2. The zero-order chi connectivity index (χ0) is 21.4. The number of fused-ring (bicyclic) bond motifs is 3. The molecule has 0 spiro atoms. The third kappa shape index (κ3) is 3.43. The van der Waals surface area contributed by atoms with Crippen LogP contribution in [-0.2, 0) is 22.4 Å². The molecule has 1 unspecified atom stereocenters. The molecule has 3 N–H and O–H groups in total. The molecule has 2 aromatic heterocycles. The van der Waals surface area contributed by atoms with E-state index in [0.29, 0.717) is 40.9 Å². The number of primary amides is 1. The highest BCUT2D eigenvalue weighted by atomic mass is 16.5. The number of rotatable bonds is 6. The van der Waals surface area contributed by atoms with Crippen LogP contribution in [0.1, 0.15) is 41.4 Å². The first-order valence-electron chi connectivity index (χ1n) is 9.84. The summed E-state index contributed by atoms with van der Waals surface area (Å²) in [5.74, 6) is -1.22. The van der Waals surface area contributed by atoms with Crippen LogP contribution >= 0.6 is 0 Å². The lowest BCUT2D eigenvalue weighted by atomic mass is 9.90. The van der Waals surface area contributed by atoms with Gasteiger partial charge in [0.25, 0.3) is 0 Å². The zero-order valence-electron chi connectivity index (χ0n) is 16.9. The van der Waals surface area contributed by atoms with Crippen molar-refractivity contribution in [2.45, 2.75) is 39.2 Å². The van der Waals surface area contributed by atoms with E-state index >= 15 is 0 Å². The van der Waals surface area contributed by atoms with Gasteiger partial charge in [-0.05, 0) is 37.8 Å². The number of aliphatic carboxylic acids is 1. The molecular weight excluding hydrogens is 382 g/mol. The topological polar surface area (TPSA) is 107 Å². The van der Waals surface area contributed by atoms with E-state index in [1.165, 1.54) is 6.92 Å². The molecule has 0 saturated carbocycles. The number of carboxylic acids is 1. The van der Waals surface area contributed by atoms with Gasteiger partial charge < -0.3 is 15.6 Å². The van der Waals surface area contributed by atoms with Gasteiger partial charge >= 0.3 is 5.97 Å². The number of benzene rings is 1. The van der Waals surface area contributed by atoms with Gasteiger partial charge in [-0.1, -0.05) is 36.4 Å². The van der Waals surface area contributed by atoms with Crippen LogP contribution in [0, 0.1) is 6.92 Å². The molecular formula is C23H23N3O4. The summed E-state index contributed by atoms with van der Waals surface area (Å²) in [5.41, 5.74) is 11.1. The lowest BCUT2D eigenvalue weighted by molar-refractivity contribution is -0.144. The molecule has 1 atom stereocenters. The predicted molar refractivity (Wildman–Crippen MR) is 112 cm³/mol. The van der Waals surface area contributed by atoms with Gasteiger partial charge in [0, 0.05) is 23.6 Å². The molecule has 1 aliphatic rings. The third-order valence-corrected chi connectivity index (χ3v) is 5.33. The van der Waals surface area contributed by atoms with Crippen LogP contribution in [0.25, 0.3) is 11.1 Å². The van der Waals surface area contributed by atoms with Gasteiger partial charge in [-0.25, -0.2) is 9.31 Å². The second-order valence-electron chi connectivity index (χ2n) is 7.49. The molecule has 30 heavy (non-hydrogen) atoms. The molecule has 3 aromatic rings. The first kappa shape index (κ1) is 19.7. The summed E-state index contributed by atoms with van der Waals surface area (Å²) in [5, 5.41) is 14.0. The third-order valence-electron chi connectivity index (χ3n) is 5.33. The maximum absolute atomic E-state index is 12.2. The lowest BCUT2D eigenvalue weighted by Gasteiger charge is -2.15. The number of aryl methyl sites for hydroxylation is 1. The van der Waals surface area contributed by atoms with Crippen LogP contribution < -0.4 is 10.5 Å². The highest BCUT2D eigenvalue weighted by Crippen LogP contribution is 2.39. The van der Waals surface area contributed by atoms with Crippen molar-refractivity contribution in [3.63, 3.8) is 0 Å².